The predicted molar refractivity (Wildman–Crippen MR) is 203 cm³/mol. The van der Waals surface area contributed by atoms with Crippen LogP contribution in [-0.4, -0.2) is 149 Å². The van der Waals surface area contributed by atoms with Crippen LogP contribution in [0.3, 0.4) is 0 Å². The third-order valence-electron chi connectivity index (χ3n) is 9.62. The predicted octanol–water partition coefficient (Wildman–Crippen LogP) is 2.50. The van der Waals surface area contributed by atoms with Crippen molar-refractivity contribution in [2.45, 2.75) is 12.8 Å². The van der Waals surface area contributed by atoms with Gasteiger partial charge in [0.05, 0.1) is 22.4 Å². The number of hydrogen-bond donors (Lipinski definition) is 5. The van der Waals surface area contributed by atoms with Crippen molar-refractivity contribution >= 4 is 51.4 Å². The van der Waals surface area contributed by atoms with Gasteiger partial charge in [-0.2, -0.15) is 0 Å². The second kappa shape index (κ2) is 15.4. The fourth-order valence-electron chi connectivity index (χ4n) is 6.55. The molecule has 0 unspecified atom stereocenters. The molecule has 2 saturated heterocycles. The molecule has 4 aromatic rings. The van der Waals surface area contributed by atoms with E-state index in [1.165, 1.54) is 0 Å². The number of rotatable bonds is 12. The van der Waals surface area contributed by atoms with Crippen LogP contribution in [0.4, 0.5) is 23.0 Å². The molecule has 0 aliphatic carbocycles. The summed E-state index contributed by atoms with van der Waals surface area (Å²) in [5, 5.41) is 28.8. The highest BCUT2D eigenvalue weighted by Gasteiger charge is 2.23. The summed E-state index contributed by atoms with van der Waals surface area (Å²) in [7, 11) is 4.36. The normalized spacial score (nSPS) is 19.3. The van der Waals surface area contributed by atoms with Crippen LogP contribution in [-0.2, 0) is 0 Å². The third-order valence-corrected chi connectivity index (χ3v) is 9.62. The molecule has 3 aliphatic rings. The maximum Gasteiger partial charge on any atom is 0.178 e. The molecule has 0 bridgehead atoms. The molecule has 0 aromatic carbocycles. The van der Waals surface area contributed by atoms with Crippen LogP contribution in [0.1, 0.15) is 12.8 Å². The molecule has 6 N–H and O–H groups in total. The first-order valence-corrected chi connectivity index (χ1v) is 17.7. The van der Waals surface area contributed by atoms with Crippen molar-refractivity contribution < 1.29 is 0 Å². The Balaban J connectivity index is 1.09. The molecule has 0 amide bonds. The van der Waals surface area contributed by atoms with Gasteiger partial charge in [0.2, 0.25) is 0 Å². The first-order valence-electron chi connectivity index (χ1n) is 17.7. The zero-order valence-electron chi connectivity index (χ0n) is 29.1. The van der Waals surface area contributed by atoms with E-state index in [1.807, 2.05) is 57.8 Å². The van der Waals surface area contributed by atoms with Gasteiger partial charge < -0.3 is 41.3 Å². The van der Waals surface area contributed by atoms with Crippen molar-refractivity contribution in [2.24, 2.45) is 15.7 Å². The van der Waals surface area contributed by atoms with E-state index in [1.54, 1.807) is 6.08 Å². The lowest BCUT2D eigenvalue weighted by Gasteiger charge is -2.32. The van der Waals surface area contributed by atoms with Crippen LogP contribution < -0.4 is 21.7 Å². The molecule has 15 nitrogen and oxygen atoms in total. The average molecular weight is 680 g/mol. The number of hydrogen-bond acceptors (Lipinski definition) is 12. The average Bonchev–Trinajstić information content (AvgIpc) is 3.65. The van der Waals surface area contributed by atoms with Gasteiger partial charge in [-0.3, -0.25) is 5.41 Å². The maximum absolute atomic E-state index is 8.78. The van der Waals surface area contributed by atoms with Gasteiger partial charge in [-0.25, -0.2) is 19.0 Å². The van der Waals surface area contributed by atoms with E-state index in [-0.39, 0.29) is 5.71 Å². The molecule has 0 atom stereocenters. The van der Waals surface area contributed by atoms with Gasteiger partial charge in [-0.15, -0.1) is 10.2 Å². The Morgan fingerprint density at radius 1 is 0.760 bits per heavy atom. The first kappa shape index (κ1) is 33.7. The Hall–Kier alpha value is -4.83. The topological polar surface area (TPSA) is 158 Å². The molecule has 7 rings (SSSR count). The van der Waals surface area contributed by atoms with Gasteiger partial charge in [0.15, 0.2) is 23.3 Å². The summed E-state index contributed by atoms with van der Waals surface area (Å²) in [4.78, 5) is 19.5. The highest BCUT2D eigenvalue weighted by atomic mass is 15.3. The minimum atomic E-state index is 0.167. The van der Waals surface area contributed by atoms with E-state index in [0.29, 0.717) is 34.7 Å². The van der Waals surface area contributed by atoms with Crippen LogP contribution in [0.15, 0.2) is 70.5 Å². The second-order valence-electron chi connectivity index (χ2n) is 13.4. The van der Waals surface area contributed by atoms with Gasteiger partial charge >= 0.3 is 0 Å². The van der Waals surface area contributed by atoms with Crippen LogP contribution >= 0.6 is 0 Å². The summed E-state index contributed by atoms with van der Waals surface area (Å²) in [5.74, 6) is 2.04. The molecule has 15 heteroatoms. The van der Waals surface area contributed by atoms with E-state index in [4.69, 9.17) is 31.3 Å². The lowest BCUT2D eigenvalue weighted by Crippen LogP contribution is -2.44. The van der Waals surface area contributed by atoms with Gasteiger partial charge in [-0.1, -0.05) is 12.1 Å². The summed E-state index contributed by atoms with van der Waals surface area (Å²) in [6.45, 7) is 12.4. The summed E-state index contributed by atoms with van der Waals surface area (Å²) in [5.41, 5.74) is 10.1. The van der Waals surface area contributed by atoms with E-state index < -0.39 is 0 Å². The van der Waals surface area contributed by atoms with Gasteiger partial charge in [0.25, 0.3) is 0 Å². The van der Waals surface area contributed by atoms with Crippen molar-refractivity contribution in [3.63, 3.8) is 0 Å². The Morgan fingerprint density at radius 2 is 1.32 bits per heavy atom. The number of nitrogens with zero attached hydrogens (tertiary/aromatic N) is 10. The summed E-state index contributed by atoms with van der Waals surface area (Å²) >= 11 is 0. The molecule has 0 saturated carbocycles. The first-order chi connectivity index (χ1) is 24.4. The number of dihydropyridines is 1. The second-order valence-corrected chi connectivity index (χ2v) is 13.4. The SMILES string of the molecule is CN1CCN(CCCNc2nn3ccccc3c2N=C2N=C(Nc3c(NCCCN4CCN(C)CC4)nn4ccccc34)C(=N)C=C2N)CC1. The summed E-state index contributed by atoms with van der Waals surface area (Å²) < 4.78 is 3.65. The Labute approximate surface area is 293 Å². The van der Waals surface area contributed by atoms with Crippen molar-refractivity contribution in [3.05, 3.63) is 60.6 Å². The Kier molecular flexibility index (Phi) is 10.3. The highest BCUT2D eigenvalue weighted by molar-refractivity contribution is 6.52. The summed E-state index contributed by atoms with van der Waals surface area (Å²) in [6, 6.07) is 11.8. The fraction of sp³-hybridized carbons (Fsp3) is 0.457. The van der Waals surface area contributed by atoms with Crippen LogP contribution in [0.2, 0.25) is 0 Å². The number of anilines is 3. The zero-order valence-corrected chi connectivity index (χ0v) is 29.1. The summed E-state index contributed by atoms with van der Waals surface area (Å²) in [6.07, 6.45) is 7.41. The van der Waals surface area contributed by atoms with Gasteiger partial charge in [-0.05, 0) is 70.4 Å². The van der Waals surface area contributed by atoms with E-state index in [9.17, 15) is 0 Å². The maximum atomic E-state index is 8.78. The standard InChI is InChI=1S/C35H49N15/c1-45-17-21-47(22-18-45)13-7-11-38-34-30(28-9-3-5-15-49(28)43-34)40-32-26(36)25-27(37)33(42-32)41-31-29-10-4-6-16-50(29)44-35(31)39-12-8-14-48-23-19-46(2)20-24-48/h3-6,9-10,15-16,25,36H,7-8,11-14,17-24,37H2,1-2H3,(H,38,43)(H,39,44)(H,40,41,42). The molecule has 264 valence electrons. The number of nitrogens with two attached hydrogens (primary N) is 1. The van der Waals surface area contributed by atoms with Crippen LogP contribution in [0.5, 0.6) is 0 Å². The molecule has 0 spiro atoms. The van der Waals surface area contributed by atoms with Crippen LogP contribution in [0.25, 0.3) is 11.0 Å². The van der Waals surface area contributed by atoms with E-state index in [0.717, 1.165) is 108 Å². The Bertz CT molecular complexity index is 1890. The minimum Gasteiger partial charge on any atom is -0.396 e. The van der Waals surface area contributed by atoms with E-state index >= 15 is 0 Å². The number of aromatic nitrogens is 4. The fourth-order valence-corrected chi connectivity index (χ4v) is 6.55. The van der Waals surface area contributed by atoms with Gasteiger partial charge in [0.1, 0.15) is 11.4 Å². The molecular weight excluding hydrogens is 630 g/mol. The monoisotopic (exact) mass is 679 g/mol. The third kappa shape index (κ3) is 7.81. The van der Waals surface area contributed by atoms with Crippen molar-refractivity contribution in [2.75, 3.05) is 109 Å². The smallest absolute Gasteiger partial charge is 0.178 e. The molecular formula is C35H49N15. The number of piperazine rings is 2. The molecule has 4 aromatic heterocycles. The molecule has 0 radical (unpaired) electrons. The Morgan fingerprint density at radius 3 is 1.96 bits per heavy atom. The van der Waals surface area contributed by atoms with E-state index in [2.05, 4.69) is 49.6 Å². The number of aliphatic imine (C=N–C) groups is 2. The largest absolute Gasteiger partial charge is 0.396 e. The van der Waals surface area contributed by atoms with Crippen molar-refractivity contribution in [1.82, 2.24) is 38.8 Å². The highest BCUT2D eigenvalue weighted by Crippen LogP contribution is 2.31. The molecule has 3 aliphatic heterocycles. The lowest BCUT2D eigenvalue weighted by molar-refractivity contribution is 0.154. The number of fused-ring (bicyclic) bond motifs is 2. The van der Waals surface area contributed by atoms with Crippen LogP contribution in [0, 0.1) is 5.41 Å². The van der Waals surface area contributed by atoms with Crippen molar-refractivity contribution in [3.8, 4) is 0 Å². The number of likely N-dealkylation sites (N-methyl/N-ethyl adjacent to an activating group) is 2. The molecule has 50 heavy (non-hydrogen) atoms. The number of pyridine rings is 2. The zero-order chi connectivity index (χ0) is 34.5. The quantitative estimate of drug-likeness (QED) is 0.141. The van der Waals surface area contributed by atoms with Crippen molar-refractivity contribution in [1.29, 1.82) is 5.41 Å². The number of nitrogens with one attached hydrogen (secondary N) is 4. The lowest BCUT2D eigenvalue weighted by atomic mass is 10.2. The number of amidine groups is 2. The van der Waals surface area contributed by atoms with Gasteiger partial charge in [0, 0.05) is 77.8 Å². The molecule has 2 fully saturated rings. The minimum absolute atomic E-state index is 0.167. The molecule has 7 heterocycles.